The standard InChI is InChI=1S/C20H22O6/c21-11-15-17(22)18-16(25-20(26-18)14-9-5-2-6-10-14)12-23-19(24-15)13-7-3-1-4-8-13/h1-10,15-22H,11-12H2/t15-,16+,17+,18+,19?,20?/m1/s1. The SMILES string of the molecule is OC[C@H]1OC(c2ccccc2)OC[C@@H]2OC(c3ccccc3)O[C@@H]2[C@H]1O. The van der Waals surface area contributed by atoms with Crippen LogP contribution in [0.1, 0.15) is 23.7 Å². The summed E-state index contributed by atoms with van der Waals surface area (Å²) in [6.45, 7) is -0.140. The van der Waals surface area contributed by atoms with E-state index >= 15 is 0 Å². The predicted octanol–water partition coefficient (Wildman–Crippen LogP) is 1.94. The van der Waals surface area contributed by atoms with Crippen LogP contribution >= 0.6 is 0 Å². The van der Waals surface area contributed by atoms with Crippen molar-refractivity contribution in [2.45, 2.75) is 37.0 Å². The second-order valence-corrected chi connectivity index (χ2v) is 6.44. The molecule has 0 bridgehead atoms. The Labute approximate surface area is 151 Å². The monoisotopic (exact) mass is 358 g/mol. The van der Waals surface area contributed by atoms with E-state index < -0.39 is 37.0 Å². The molecular weight excluding hydrogens is 336 g/mol. The van der Waals surface area contributed by atoms with E-state index in [9.17, 15) is 10.2 Å². The molecule has 6 nitrogen and oxygen atoms in total. The molecule has 26 heavy (non-hydrogen) atoms. The number of hydrogen-bond acceptors (Lipinski definition) is 6. The molecular formula is C20H22O6. The zero-order chi connectivity index (χ0) is 17.9. The van der Waals surface area contributed by atoms with Crippen molar-refractivity contribution in [3.63, 3.8) is 0 Å². The van der Waals surface area contributed by atoms with E-state index in [0.29, 0.717) is 0 Å². The third-order valence-electron chi connectivity index (χ3n) is 4.70. The summed E-state index contributed by atoms with van der Waals surface area (Å²) >= 11 is 0. The first kappa shape index (κ1) is 17.6. The quantitative estimate of drug-likeness (QED) is 0.873. The van der Waals surface area contributed by atoms with E-state index in [-0.39, 0.29) is 13.2 Å². The lowest BCUT2D eigenvalue weighted by molar-refractivity contribution is -0.241. The summed E-state index contributed by atoms with van der Waals surface area (Å²) in [4.78, 5) is 0. The minimum atomic E-state index is -1.03. The van der Waals surface area contributed by atoms with Crippen LogP contribution in [0.3, 0.4) is 0 Å². The maximum absolute atomic E-state index is 10.7. The molecule has 2 aliphatic rings. The Morgan fingerprint density at radius 3 is 2.04 bits per heavy atom. The average molecular weight is 358 g/mol. The van der Waals surface area contributed by atoms with Crippen molar-refractivity contribution < 1.29 is 29.2 Å². The molecule has 2 fully saturated rings. The minimum Gasteiger partial charge on any atom is -0.394 e. The van der Waals surface area contributed by atoms with E-state index in [1.807, 2.05) is 60.7 Å². The van der Waals surface area contributed by atoms with Crippen molar-refractivity contribution in [3.05, 3.63) is 71.8 Å². The molecule has 4 rings (SSSR count). The van der Waals surface area contributed by atoms with Gasteiger partial charge in [-0.25, -0.2) is 0 Å². The Morgan fingerprint density at radius 1 is 0.808 bits per heavy atom. The fourth-order valence-electron chi connectivity index (χ4n) is 3.31. The molecule has 0 spiro atoms. The van der Waals surface area contributed by atoms with Gasteiger partial charge in [-0.1, -0.05) is 60.7 Å². The highest BCUT2D eigenvalue weighted by molar-refractivity contribution is 5.18. The van der Waals surface area contributed by atoms with Crippen LogP contribution in [0.4, 0.5) is 0 Å². The zero-order valence-corrected chi connectivity index (χ0v) is 14.2. The molecule has 6 atom stereocenters. The minimum absolute atomic E-state index is 0.211. The van der Waals surface area contributed by atoms with Crippen LogP contribution in [-0.2, 0) is 18.9 Å². The Balaban J connectivity index is 1.55. The largest absolute Gasteiger partial charge is 0.394 e. The van der Waals surface area contributed by atoms with Gasteiger partial charge >= 0.3 is 0 Å². The van der Waals surface area contributed by atoms with Gasteiger partial charge in [-0.3, -0.25) is 0 Å². The van der Waals surface area contributed by atoms with Crippen LogP contribution in [-0.4, -0.2) is 47.8 Å². The second-order valence-electron chi connectivity index (χ2n) is 6.44. The summed E-state index contributed by atoms with van der Waals surface area (Å²) in [7, 11) is 0. The number of aliphatic hydroxyl groups is 2. The molecule has 2 aromatic carbocycles. The van der Waals surface area contributed by atoms with Crippen molar-refractivity contribution in [2.24, 2.45) is 0 Å². The number of hydrogen-bond donors (Lipinski definition) is 2. The Kier molecular flexibility index (Phi) is 5.31. The molecule has 2 unspecified atom stereocenters. The topological polar surface area (TPSA) is 77.4 Å². The lowest BCUT2D eigenvalue weighted by Gasteiger charge is -2.34. The van der Waals surface area contributed by atoms with Crippen molar-refractivity contribution >= 4 is 0 Å². The first-order chi connectivity index (χ1) is 12.8. The highest BCUT2D eigenvalue weighted by Crippen LogP contribution is 2.37. The van der Waals surface area contributed by atoms with Gasteiger partial charge in [0.25, 0.3) is 0 Å². The molecule has 0 amide bonds. The summed E-state index contributed by atoms with van der Waals surface area (Å²) in [5, 5.41) is 20.4. The van der Waals surface area contributed by atoms with Gasteiger partial charge in [0.05, 0.1) is 13.2 Å². The second kappa shape index (κ2) is 7.84. The van der Waals surface area contributed by atoms with Crippen molar-refractivity contribution in [1.29, 1.82) is 0 Å². The van der Waals surface area contributed by atoms with Crippen LogP contribution in [0.5, 0.6) is 0 Å². The molecule has 6 heteroatoms. The number of benzene rings is 2. The fraction of sp³-hybridized carbons (Fsp3) is 0.400. The molecule has 2 N–H and O–H groups in total. The summed E-state index contributed by atoms with van der Waals surface area (Å²) in [6.07, 6.45) is -4.26. The molecule has 2 saturated heterocycles. The lowest BCUT2D eigenvalue weighted by Crippen LogP contribution is -2.49. The summed E-state index contributed by atoms with van der Waals surface area (Å²) in [5.41, 5.74) is 1.68. The molecule has 0 saturated carbocycles. The number of aliphatic hydroxyl groups excluding tert-OH is 2. The summed E-state index contributed by atoms with van der Waals surface area (Å²) in [6, 6.07) is 19.0. The smallest absolute Gasteiger partial charge is 0.184 e. The molecule has 2 aromatic rings. The van der Waals surface area contributed by atoms with E-state index in [2.05, 4.69) is 0 Å². The molecule has 2 heterocycles. The number of rotatable bonds is 3. The van der Waals surface area contributed by atoms with Gasteiger partial charge in [-0.05, 0) is 0 Å². The molecule has 0 aliphatic carbocycles. The summed E-state index contributed by atoms with van der Waals surface area (Å²) in [5.74, 6) is 0. The Bertz CT molecular complexity index is 694. The average Bonchev–Trinajstić information content (AvgIpc) is 3.12. The lowest BCUT2D eigenvalue weighted by atomic mass is 10.0. The first-order valence-electron chi connectivity index (χ1n) is 8.73. The Morgan fingerprint density at radius 2 is 1.42 bits per heavy atom. The summed E-state index contributed by atoms with van der Waals surface area (Å²) < 4.78 is 23.6. The van der Waals surface area contributed by atoms with Gasteiger partial charge in [0, 0.05) is 11.1 Å². The van der Waals surface area contributed by atoms with Crippen LogP contribution in [0.15, 0.2) is 60.7 Å². The highest BCUT2D eigenvalue weighted by Gasteiger charge is 2.46. The predicted molar refractivity (Wildman–Crippen MR) is 92.0 cm³/mol. The normalized spacial score (nSPS) is 34.7. The third-order valence-corrected chi connectivity index (χ3v) is 4.70. The zero-order valence-electron chi connectivity index (χ0n) is 14.2. The molecule has 0 radical (unpaired) electrons. The Hall–Kier alpha value is -1.80. The van der Waals surface area contributed by atoms with Crippen molar-refractivity contribution in [2.75, 3.05) is 13.2 Å². The van der Waals surface area contributed by atoms with Crippen LogP contribution in [0.25, 0.3) is 0 Å². The number of fused-ring (bicyclic) bond motifs is 1. The number of ether oxygens (including phenoxy) is 4. The van der Waals surface area contributed by atoms with E-state index in [0.717, 1.165) is 11.1 Å². The van der Waals surface area contributed by atoms with Crippen LogP contribution in [0, 0.1) is 0 Å². The van der Waals surface area contributed by atoms with Gasteiger partial charge in [0.2, 0.25) is 0 Å². The third kappa shape index (κ3) is 3.53. The maximum Gasteiger partial charge on any atom is 0.184 e. The molecule has 138 valence electrons. The maximum atomic E-state index is 10.7. The van der Waals surface area contributed by atoms with Crippen molar-refractivity contribution in [1.82, 2.24) is 0 Å². The van der Waals surface area contributed by atoms with Gasteiger partial charge in [0.1, 0.15) is 24.4 Å². The van der Waals surface area contributed by atoms with Crippen molar-refractivity contribution in [3.8, 4) is 0 Å². The molecule has 0 aromatic heterocycles. The van der Waals surface area contributed by atoms with E-state index in [4.69, 9.17) is 18.9 Å². The van der Waals surface area contributed by atoms with Gasteiger partial charge in [0.15, 0.2) is 12.6 Å². The van der Waals surface area contributed by atoms with E-state index in [1.54, 1.807) is 0 Å². The fourth-order valence-corrected chi connectivity index (χ4v) is 3.31. The first-order valence-corrected chi connectivity index (χ1v) is 8.73. The highest BCUT2D eigenvalue weighted by atomic mass is 16.8. The van der Waals surface area contributed by atoms with Gasteiger partial charge in [-0.2, -0.15) is 0 Å². The molecule has 2 aliphatic heterocycles. The van der Waals surface area contributed by atoms with E-state index in [1.165, 1.54) is 0 Å². The van der Waals surface area contributed by atoms with Crippen LogP contribution in [0.2, 0.25) is 0 Å². The van der Waals surface area contributed by atoms with Crippen LogP contribution < -0.4 is 0 Å². The van der Waals surface area contributed by atoms with Gasteiger partial charge < -0.3 is 29.2 Å². The van der Waals surface area contributed by atoms with Gasteiger partial charge in [-0.15, -0.1) is 0 Å².